The third-order valence-electron chi connectivity index (χ3n) is 1.91. The predicted molar refractivity (Wildman–Crippen MR) is 61.1 cm³/mol. The molecule has 15 heavy (non-hydrogen) atoms. The van der Waals surface area contributed by atoms with Gasteiger partial charge in [-0.15, -0.1) is 3.89 Å². The van der Waals surface area contributed by atoms with Gasteiger partial charge in [0.2, 0.25) is 0 Å². The van der Waals surface area contributed by atoms with Crippen LogP contribution in [0.4, 0.5) is 3.89 Å². The highest BCUT2D eigenvalue weighted by Crippen LogP contribution is 2.21. The number of nitrogens with zero attached hydrogens (tertiary/aromatic N) is 4. The zero-order chi connectivity index (χ0) is 10.8. The van der Waals surface area contributed by atoms with Crippen molar-refractivity contribution in [2.75, 3.05) is 0 Å². The van der Waals surface area contributed by atoms with E-state index in [1.54, 1.807) is 6.20 Å². The summed E-state index contributed by atoms with van der Waals surface area (Å²) in [5.74, 6) is 0.665. The van der Waals surface area contributed by atoms with Crippen LogP contribution in [0.25, 0.3) is 11.3 Å². The first kappa shape index (κ1) is 10.8. The van der Waals surface area contributed by atoms with Crippen molar-refractivity contribution >= 4 is 39.6 Å². The number of aryl methyl sites for hydroxylation is 1. The topological polar surface area (TPSA) is 43.6 Å². The van der Waals surface area contributed by atoms with Gasteiger partial charge in [0.25, 0.3) is 0 Å². The number of halogens is 2. The minimum absolute atomic E-state index is 0.111. The molecule has 0 aromatic carbocycles. The molecule has 0 spiro atoms. The van der Waals surface area contributed by atoms with Gasteiger partial charge in [0.1, 0.15) is 10.4 Å². The van der Waals surface area contributed by atoms with Gasteiger partial charge >= 0.3 is 0 Å². The Kier molecular flexibility index (Phi) is 3.20. The van der Waals surface area contributed by atoms with Crippen molar-refractivity contribution in [2.24, 2.45) is 0 Å². The summed E-state index contributed by atoms with van der Waals surface area (Å²) in [6.07, 6.45) is 3.18. The van der Waals surface area contributed by atoms with E-state index in [0.717, 1.165) is 6.42 Å². The van der Waals surface area contributed by atoms with Crippen molar-refractivity contribution in [3.05, 3.63) is 16.6 Å². The third-order valence-corrected chi connectivity index (χ3v) is 2.81. The molecular formula is C8H8BrFN4S. The van der Waals surface area contributed by atoms with E-state index in [-0.39, 0.29) is 12.3 Å². The molecule has 7 heteroatoms. The summed E-state index contributed by atoms with van der Waals surface area (Å²) in [5.41, 5.74) is 0.937. The molecule has 0 N–H and O–H groups in total. The Morgan fingerprint density at radius 1 is 1.53 bits per heavy atom. The Labute approximate surface area is 98.9 Å². The van der Waals surface area contributed by atoms with Crippen LogP contribution in [0.1, 0.15) is 19.2 Å². The molecule has 4 nitrogen and oxygen atoms in total. The summed E-state index contributed by atoms with van der Waals surface area (Å²) in [6, 6.07) is 0. The monoisotopic (exact) mass is 290 g/mol. The Bertz CT molecular complexity index is 487. The molecule has 2 rings (SSSR count). The fraction of sp³-hybridized carbons (Fsp3) is 0.375. The van der Waals surface area contributed by atoms with Crippen LogP contribution in [0.5, 0.6) is 0 Å². The maximum Gasteiger partial charge on any atom is 0.198 e. The van der Waals surface area contributed by atoms with Crippen LogP contribution >= 0.6 is 28.3 Å². The quantitative estimate of drug-likeness (QED) is 0.872. The molecule has 2 aromatic heterocycles. The van der Waals surface area contributed by atoms with Gasteiger partial charge in [-0.1, -0.05) is 6.92 Å². The molecule has 0 aliphatic heterocycles. The van der Waals surface area contributed by atoms with Crippen molar-refractivity contribution in [3.63, 3.8) is 0 Å². The number of imidazole rings is 1. The van der Waals surface area contributed by atoms with Crippen LogP contribution in [0.15, 0.2) is 10.8 Å². The lowest BCUT2D eigenvalue weighted by atomic mass is 10.3. The van der Waals surface area contributed by atoms with Gasteiger partial charge in [-0.2, -0.15) is 0 Å². The molecule has 0 aliphatic carbocycles. The number of fused-ring (bicyclic) bond motifs is 1. The minimum Gasteiger partial charge on any atom is -0.231 e. The molecule has 0 amide bonds. The molecule has 0 fully saturated rings. The van der Waals surface area contributed by atoms with E-state index in [4.69, 9.17) is 0 Å². The summed E-state index contributed by atoms with van der Waals surface area (Å²) >= 11 is 3.31. The Hall–Kier alpha value is -0.690. The van der Waals surface area contributed by atoms with Gasteiger partial charge in [-0.25, -0.2) is 18.9 Å². The van der Waals surface area contributed by atoms with Crippen LogP contribution in [0.3, 0.4) is 0 Å². The molecular weight excluding hydrogens is 283 g/mol. The third kappa shape index (κ3) is 1.98. The van der Waals surface area contributed by atoms with E-state index in [0.29, 0.717) is 28.1 Å². The van der Waals surface area contributed by atoms with Crippen LogP contribution in [0.2, 0.25) is 0 Å². The number of rotatable bonds is 3. The summed E-state index contributed by atoms with van der Waals surface area (Å²) < 4.78 is 14.7. The van der Waals surface area contributed by atoms with Gasteiger partial charge in [0.15, 0.2) is 23.6 Å². The first-order valence-corrected chi connectivity index (χ1v) is 5.92. The SMILES string of the molecule is CCCc1nc2ncc(Br)nc2n1SF. The molecule has 0 atom stereocenters. The normalized spacial score (nSPS) is 11.1. The fourth-order valence-corrected chi connectivity index (χ4v) is 1.98. The van der Waals surface area contributed by atoms with E-state index in [1.165, 1.54) is 3.97 Å². The average Bonchev–Trinajstić information content (AvgIpc) is 2.55. The lowest BCUT2D eigenvalue weighted by molar-refractivity contribution is 0.829. The van der Waals surface area contributed by atoms with Crippen molar-refractivity contribution in [1.29, 1.82) is 0 Å². The van der Waals surface area contributed by atoms with E-state index < -0.39 is 0 Å². The maximum absolute atomic E-state index is 12.8. The van der Waals surface area contributed by atoms with Crippen molar-refractivity contribution in [1.82, 2.24) is 18.9 Å². The lowest BCUT2D eigenvalue weighted by Crippen LogP contribution is -1.94. The number of hydrogen-bond acceptors (Lipinski definition) is 4. The first-order valence-electron chi connectivity index (χ1n) is 4.45. The van der Waals surface area contributed by atoms with Crippen LogP contribution in [0, 0.1) is 0 Å². The van der Waals surface area contributed by atoms with Crippen LogP contribution in [-0.4, -0.2) is 18.9 Å². The van der Waals surface area contributed by atoms with Gasteiger partial charge < -0.3 is 0 Å². The second-order valence-electron chi connectivity index (χ2n) is 2.98. The first-order chi connectivity index (χ1) is 7.26. The number of hydrogen-bond donors (Lipinski definition) is 0. The van der Waals surface area contributed by atoms with E-state index in [9.17, 15) is 3.89 Å². The van der Waals surface area contributed by atoms with E-state index in [2.05, 4.69) is 30.9 Å². The summed E-state index contributed by atoms with van der Waals surface area (Å²) in [7, 11) is 0. The molecule has 0 radical (unpaired) electrons. The smallest absolute Gasteiger partial charge is 0.198 e. The maximum atomic E-state index is 12.8. The molecule has 0 saturated heterocycles. The van der Waals surface area contributed by atoms with E-state index >= 15 is 0 Å². The Morgan fingerprint density at radius 3 is 3.00 bits per heavy atom. The standard InChI is InChI=1S/C8H8BrFN4S/c1-2-3-6-13-7-8(14(6)15-10)12-5(9)4-11-7/h4H,2-3H2,1H3. The van der Waals surface area contributed by atoms with Gasteiger partial charge in [-0.05, 0) is 22.4 Å². The average molecular weight is 291 g/mol. The van der Waals surface area contributed by atoms with Gasteiger partial charge in [0.05, 0.1) is 6.20 Å². The molecule has 2 aromatic rings. The second-order valence-corrected chi connectivity index (χ2v) is 4.30. The molecule has 0 bridgehead atoms. The van der Waals surface area contributed by atoms with Crippen LogP contribution in [-0.2, 0) is 6.42 Å². The summed E-state index contributed by atoms with van der Waals surface area (Å²) in [6.45, 7) is 2.02. The molecule has 0 saturated carbocycles. The van der Waals surface area contributed by atoms with Crippen molar-refractivity contribution in [3.8, 4) is 0 Å². The highest BCUT2D eigenvalue weighted by Gasteiger charge is 2.13. The Morgan fingerprint density at radius 2 is 2.33 bits per heavy atom. The zero-order valence-electron chi connectivity index (χ0n) is 7.94. The van der Waals surface area contributed by atoms with Gasteiger partial charge in [-0.3, -0.25) is 0 Å². The largest absolute Gasteiger partial charge is 0.231 e. The highest BCUT2D eigenvalue weighted by atomic mass is 79.9. The van der Waals surface area contributed by atoms with Crippen LogP contribution < -0.4 is 0 Å². The second kappa shape index (κ2) is 4.44. The number of aromatic nitrogens is 4. The lowest BCUT2D eigenvalue weighted by Gasteiger charge is -1.98. The zero-order valence-corrected chi connectivity index (χ0v) is 10.3. The van der Waals surface area contributed by atoms with Gasteiger partial charge in [0, 0.05) is 6.42 Å². The van der Waals surface area contributed by atoms with E-state index in [1.807, 2.05) is 6.92 Å². The molecule has 0 aliphatic rings. The Balaban J connectivity index is 2.63. The fourth-order valence-electron chi connectivity index (χ4n) is 1.31. The highest BCUT2D eigenvalue weighted by molar-refractivity contribution is 9.10. The predicted octanol–water partition coefficient (Wildman–Crippen LogP) is 2.92. The summed E-state index contributed by atoms with van der Waals surface area (Å²) in [4.78, 5) is 12.4. The molecule has 2 heterocycles. The van der Waals surface area contributed by atoms with Crippen molar-refractivity contribution < 1.29 is 3.89 Å². The molecule has 0 unspecified atom stereocenters. The molecule has 80 valence electrons. The minimum atomic E-state index is 0.111. The van der Waals surface area contributed by atoms with Crippen molar-refractivity contribution in [2.45, 2.75) is 19.8 Å². The summed E-state index contributed by atoms with van der Waals surface area (Å²) in [5, 5.41) is 0.